The molecule has 0 aliphatic rings. The molecule has 0 saturated carbocycles. The number of esters is 1. The summed E-state index contributed by atoms with van der Waals surface area (Å²) in [7, 11) is 0.205. The van der Waals surface area contributed by atoms with E-state index in [1.807, 2.05) is 0 Å². The molecule has 0 bridgehead atoms. The molecular formula is C20H25N5O8S2. The number of methoxy groups -OCH3 is 3. The Kier molecular flexibility index (Phi) is 10.6. The normalized spacial score (nSPS) is 10.7. The number of nitrogens with zero attached hydrogens (tertiary/aromatic N) is 2. The van der Waals surface area contributed by atoms with Crippen molar-refractivity contribution >= 4 is 50.7 Å². The monoisotopic (exact) mass is 527 g/mol. The van der Waals surface area contributed by atoms with Crippen LogP contribution in [0.15, 0.2) is 35.2 Å². The molecule has 1 heterocycles. The van der Waals surface area contributed by atoms with Crippen molar-refractivity contribution in [3.05, 3.63) is 30.3 Å². The number of aromatic nitrogens is 2. The third kappa shape index (κ3) is 9.30. The van der Waals surface area contributed by atoms with E-state index < -0.39 is 21.9 Å². The van der Waals surface area contributed by atoms with E-state index in [0.717, 1.165) is 0 Å². The minimum Gasteiger partial charge on any atom is -0.481 e. The van der Waals surface area contributed by atoms with Gasteiger partial charge < -0.3 is 29.6 Å². The molecule has 1 aromatic heterocycles. The molecule has 13 nitrogen and oxygen atoms in total. The van der Waals surface area contributed by atoms with Crippen LogP contribution in [0.25, 0.3) is 0 Å². The average molecular weight is 528 g/mol. The van der Waals surface area contributed by atoms with Gasteiger partial charge in [-0.3, -0.25) is 14.3 Å². The zero-order chi connectivity index (χ0) is 25.8. The highest BCUT2D eigenvalue weighted by atomic mass is 32.2. The van der Waals surface area contributed by atoms with Crippen molar-refractivity contribution in [2.75, 3.05) is 44.6 Å². The van der Waals surface area contributed by atoms with Gasteiger partial charge in [-0.2, -0.15) is 9.97 Å². The summed E-state index contributed by atoms with van der Waals surface area (Å²) in [6.45, 7) is 0.381. The van der Waals surface area contributed by atoms with Crippen LogP contribution in [0.1, 0.15) is 12.8 Å². The largest absolute Gasteiger partial charge is 0.481 e. The lowest BCUT2D eigenvalue weighted by atomic mass is 10.3. The number of anilines is 2. The highest BCUT2D eigenvalue weighted by Crippen LogP contribution is 2.21. The molecule has 1 aromatic carbocycles. The number of hydrogen-bond acceptors (Lipinski definition) is 11. The SMILES string of the molecule is COCCOC(=O)CCC(=O)NC(=S)Nc1ccc(S(=O)(=O)Nc2cc(OC)nc(OC)n2)cc1. The first-order valence-electron chi connectivity index (χ1n) is 10.0. The first-order chi connectivity index (χ1) is 16.7. The van der Waals surface area contributed by atoms with E-state index in [0.29, 0.717) is 5.69 Å². The van der Waals surface area contributed by atoms with Crippen LogP contribution in [-0.4, -0.2) is 69.9 Å². The average Bonchev–Trinajstić information content (AvgIpc) is 2.82. The summed E-state index contributed by atoms with van der Waals surface area (Å²) in [5, 5.41) is 5.17. The van der Waals surface area contributed by atoms with Crippen LogP contribution < -0.4 is 24.8 Å². The van der Waals surface area contributed by atoms with E-state index >= 15 is 0 Å². The molecule has 0 atom stereocenters. The Morgan fingerprint density at radius 2 is 1.71 bits per heavy atom. The second-order valence-electron chi connectivity index (χ2n) is 6.63. The van der Waals surface area contributed by atoms with Gasteiger partial charge in [0.25, 0.3) is 10.0 Å². The van der Waals surface area contributed by atoms with E-state index in [9.17, 15) is 18.0 Å². The molecule has 0 fully saturated rings. The summed E-state index contributed by atoms with van der Waals surface area (Å²) in [4.78, 5) is 31.2. The molecule has 0 spiro atoms. The second-order valence-corrected chi connectivity index (χ2v) is 8.72. The first kappa shape index (κ1) is 27.7. The van der Waals surface area contributed by atoms with Crippen LogP contribution in [0.2, 0.25) is 0 Å². The van der Waals surface area contributed by atoms with Gasteiger partial charge >= 0.3 is 12.0 Å². The van der Waals surface area contributed by atoms with Gasteiger partial charge in [-0.05, 0) is 36.5 Å². The van der Waals surface area contributed by atoms with Crippen molar-refractivity contribution in [1.82, 2.24) is 15.3 Å². The molecule has 0 radical (unpaired) electrons. The van der Waals surface area contributed by atoms with E-state index in [-0.39, 0.29) is 53.8 Å². The van der Waals surface area contributed by atoms with Gasteiger partial charge in [0.2, 0.25) is 11.8 Å². The third-order valence-corrected chi connectivity index (χ3v) is 5.67. The zero-order valence-corrected chi connectivity index (χ0v) is 20.8. The van der Waals surface area contributed by atoms with E-state index in [1.165, 1.54) is 51.7 Å². The summed E-state index contributed by atoms with van der Waals surface area (Å²) >= 11 is 5.07. The Bertz CT molecular complexity index is 1120. The molecule has 2 rings (SSSR count). The lowest BCUT2D eigenvalue weighted by Crippen LogP contribution is -2.34. The van der Waals surface area contributed by atoms with Gasteiger partial charge in [-0.25, -0.2) is 8.42 Å². The minimum absolute atomic E-state index is 0.0170. The number of thiocarbonyl (C=S) groups is 1. The maximum absolute atomic E-state index is 12.7. The molecular weight excluding hydrogens is 502 g/mol. The van der Waals surface area contributed by atoms with Gasteiger partial charge in [0.15, 0.2) is 10.9 Å². The van der Waals surface area contributed by atoms with E-state index in [1.54, 1.807) is 0 Å². The zero-order valence-electron chi connectivity index (χ0n) is 19.2. The van der Waals surface area contributed by atoms with Crippen molar-refractivity contribution in [3.63, 3.8) is 0 Å². The van der Waals surface area contributed by atoms with Crippen molar-refractivity contribution in [2.45, 2.75) is 17.7 Å². The number of hydrogen-bond donors (Lipinski definition) is 3. The van der Waals surface area contributed by atoms with Crippen molar-refractivity contribution in [1.29, 1.82) is 0 Å². The number of rotatable bonds is 12. The van der Waals surface area contributed by atoms with Gasteiger partial charge in [-0.15, -0.1) is 0 Å². The summed E-state index contributed by atoms with van der Waals surface area (Å²) < 4.78 is 47.3. The van der Waals surface area contributed by atoms with Crippen molar-refractivity contribution in [2.24, 2.45) is 0 Å². The molecule has 0 aliphatic heterocycles. The number of carbonyl (C=O) groups excluding carboxylic acids is 2. The molecule has 3 N–H and O–H groups in total. The van der Waals surface area contributed by atoms with Gasteiger partial charge in [0, 0.05) is 25.3 Å². The van der Waals surface area contributed by atoms with E-state index in [4.69, 9.17) is 31.2 Å². The van der Waals surface area contributed by atoms with Gasteiger partial charge in [0.1, 0.15) is 6.61 Å². The predicted octanol–water partition coefficient (Wildman–Crippen LogP) is 1.08. The molecule has 35 heavy (non-hydrogen) atoms. The smallest absolute Gasteiger partial charge is 0.321 e. The number of amides is 1. The number of benzene rings is 1. The van der Waals surface area contributed by atoms with Crippen LogP contribution in [0.4, 0.5) is 11.5 Å². The topological polar surface area (TPSA) is 167 Å². The Morgan fingerprint density at radius 1 is 1.00 bits per heavy atom. The Morgan fingerprint density at radius 3 is 2.34 bits per heavy atom. The Labute approximate surface area is 207 Å². The minimum atomic E-state index is -3.98. The number of ether oxygens (including phenoxy) is 4. The lowest BCUT2D eigenvalue weighted by molar-refractivity contribution is -0.146. The Balaban J connectivity index is 1.91. The van der Waals surface area contributed by atoms with Crippen LogP contribution in [0, 0.1) is 0 Å². The lowest BCUT2D eigenvalue weighted by Gasteiger charge is -2.11. The molecule has 15 heteroatoms. The van der Waals surface area contributed by atoms with Gasteiger partial charge in [-0.1, -0.05) is 0 Å². The quantitative estimate of drug-likeness (QED) is 0.204. The fourth-order valence-corrected chi connectivity index (χ4v) is 3.67. The summed E-state index contributed by atoms with van der Waals surface area (Å²) in [5.74, 6) is -0.930. The molecule has 2 aromatic rings. The maximum atomic E-state index is 12.7. The van der Waals surface area contributed by atoms with Crippen molar-refractivity contribution < 1.29 is 37.0 Å². The molecule has 0 unspecified atom stereocenters. The summed E-state index contributed by atoms with van der Waals surface area (Å²) in [6, 6.07) is 6.82. The number of carbonyl (C=O) groups is 2. The highest BCUT2D eigenvalue weighted by molar-refractivity contribution is 7.92. The summed E-state index contributed by atoms with van der Waals surface area (Å²) in [6.07, 6.45) is -0.225. The fraction of sp³-hybridized carbons (Fsp3) is 0.350. The Hall–Kier alpha value is -3.56. The predicted molar refractivity (Wildman–Crippen MR) is 129 cm³/mol. The highest BCUT2D eigenvalue weighted by Gasteiger charge is 2.17. The molecule has 190 valence electrons. The standard InChI is InChI=1S/C20H25N5O8S2/c1-30-10-11-33-18(27)9-8-16(26)23-20(34)21-13-4-6-14(7-5-13)35(28,29)25-15-12-17(31-2)24-19(22-15)32-3/h4-7,12H,8-11H2,1-3H3,(H,22,24,25)(H2,21,23,26,34). The van der Waals surface area contributed by atoms with Crippen LogP contribution in [-0.2, 0) is 29.1 Å². The van der Waals surface area contributed by atoms with E-state index in [2.05, 4.69) is 25.3 Å². The molecule has 1 amide bonds. The van der Waals surface area contributed by atoms with Gasteiger partial charge in [0.05, 0.1) is 32.1 Å². The summed E-state index contributed by atoms with van der Waals surface area (Å²) in [5.41, 5.74) is 0.429. The van der Waals surface area contributed by atoms with Crippen LogP contribution >= 0.6 is 12.2 Å². The van der Waals surface area contributed by atoms with Crippen LogP contribution in [0.5, 0.6) is 11.9 Å². The second kappa shape index (κ2) is 13.4. The fourth-order valence-electron chi connectivity index (χ4n) is 2.44. The third-order valence-electron chi connectivity index (χ3n) is 4.09. The van der Waals surface area contributed by atoms with Crippen molar-refractivity contribution in [3.8, 4) is 11.9 Å². The maximum Gasteiger partial charge on any atom is 0.321 e. The number of sulfonamides is 1. The first-order valence-corrected chi connectivity index (χ1v) is 11.9. The van der Waals surface area contributed by atoms with Crippen LogP contribution in [0.3, 0.4) is 0 Å². The number of nitrogens with one attached hydrogen (secondary N) is 3. The molecule has 0 aliphatic carbocycles. The molecule has 0 saturated heterocycles.